The second-order valence-electron chi connectivity index (χ2n) is 5.87. The van der Waals surface area contributed by atoms with E-state index in [1.807, 2.05) is 18.2 Å². The van der Waals surface area contributed by atoms with E-state index in [-0.39, 0.29) is 11.9 Å². The first-order chi connectivity index (χ1) is 10.1. The average Bonchev–Trinajstić information content (AvgIpc) is 2.49. The van der Waals surface area contributed by atoms with Gasteiger partial charge in [0.1, 0.15) is 0 Å². The molecular weight excluding hydrogens is 262 g/mol. The molecule has 0 aromatic heterocycles. The summed E-state index contributed by atoms with van der Waals surface area (Å²) in [6.45, 7) is 6.83. The van der Waals surface area contributed by atoms with Gasteiger partial charge < -0.3 is 11.1 Å². The van der Waals surface area contributed by atoms with Crippen LogP contribution >= 0.6 is 0 Å². The van der Waals surface area contributed by atoms with Crippen molar-refractivity contribution < 1.29 is 4.79 Å². The number of nitrogens with one attached hydrogen (secondary N) is 1. The molecule has 0 aliphatic heterocycles. The minimum absolute atomic E-state index is 0.00170. The lowest BCUT2D eigenvalue weighted by Gasteiger charge is -2.37. The smallest absolute Gasteiger partial charge is 0.240 e. The molecule has 116 valence electrons. The number of likely N-dealkylation sites (N-methyl/N-ethyl adjacent to an activating group) is 1. The van der Waals surface area contributed by atoms with Crippen LogP contribution in [0.5, 0.6) is 0 Å². The number of hydrogen-bond donors (Lipinski definition) is 2. The zero-order valence-electron chi connectivity index (χ0n) is 13.1. The van der Waals surface area contributed by atoms with E-state index in [0.717, 1.165) is 32.4 Å². The van der Waals surface area contributed by atoms with E-state index in [4.69, 9.17) is 5.73 Å². The molecule has 1 unspecified atom stereocenters. The van der Waals surface area contributed by atoms with Gasteiger partial charge >= 0.3 is 0 Å². The summed E-state index contributed by atoms with van der Waals surface area (Å²) in [5, 5.41) is 3.07. The molecule has 1 aliphatic carbocycles. The molecule has 21 heavy (non-hydrogen) atoms. The Morgan fingerprint density at radius 3 is 2.38 bits per heavy atom. The number of rotatable bonds is 7. The van der Waals surface area contributed by atoms with Crippen molar-refractivity contribution in [1.82, 2.24) is 10.2 Å². The minimum Gasteiger partial charge on any atom is -0.353 e. The van der Waals surface area contributed by atoms with Crippen LogP contribution in [-0.4, -0.2) is 36.0 Å². The first-order valence-corrected chi connectivity index (χ1v) is 7.97. The van der Waals surface area contributed by atoms with Gasteiger partial charge in [-0.2, -0.15) is 0 Å². The molecule has 0 radical (unpaired) electrons. The molecule has 0 heterocycles. The predicted molar refractivity (Wildman–Crippen MR) is 85.9 cm³/mol. The van der Waals surface area contributed by atoms with Crippen LogP contribution in [0.2, 0.25) is 0 Å². The SMILES string of the molecule is CCN(CC)C(CNC(=O)C1(N)CCC1)c1ccccc1. The number of carbonyl (C=O) groups excluding carboxylic acids is 1. The number of benzene rings is 1. The Morgan fingerprint density at radius 1 is 1.29 bits per heavy atom. The third-order valence-electron chi connectivity index (χ3n) is 4.59. The molecule has 4 heteroatoms. The highest BCUT2D eigenvalue weighted by Gasteiger charge is 2.40. The third kappa shape index (κ3) is 3.63. The molecule has 0 saturated heterocycles. The Morgan fingerprint density at radius 2 is 1.90 bits per heavy atom. The van der Waals surface area contributed by atoms with E-state index in [9.17, 15) is 4.79 Å². The van der Waals surface area contributed by atoms with Gasteiger partial charge in [-0.15, -0.1) is 0 Å². The number of hydrogen-bond acceptors (Lipinski definition) is 3. The van der Waals surface area contributed by atoms with Crippen LogP contribution in [0.1, 0.15) is 44.7 Å². The van der Waals surface area contributed by atoms with Crippen molar-refractivity contribution in [3.8, 4) is 0 Å². The van der Waals surface area contributed by atoms with Gasteiger partial charge in [0.05, 0.1) is 11.6 Å². The molecule has 3 N–H and O–H groups in total. The second-order valence-corrected chi connectivity index (χ2v) is 5.87. The van der Waals surface area contributed by atoms with Crippen LogP contribution in [-0.2, 0) is 4.79 Å². The molecule has 1 amide bonds. The fourth-order valence-corrected chi connectivity index (χ4v) is 2.95. The van der Waals surface area contributed by atoms with Gasteiger partial charge in [-0.1, -0.05) is 44.2 Å². The highest BCUT2D eigenvalue weighted by atomic mass is 16.2. The Kier molecular flexibility index (Phi) is 5.37. The van der Waals surface area contributed by atoms with Gasteiger partial charge in [-0.3, -0.25) is 9.69 Å². The molecule has 0 spiro atoms. The highest BCUT2D eigenvalue weighted by molar-refractivity contribution is 5.87. The fourth-order valence-electron chi connectivity index (χ4n) is 2.95. The first-order valence-electron chi connectivity index (χ1n) is 7.97. The number of nitrogens with zero attached hydrogens (tertiary/aromatic N) is 1. The van der Waals surface area contributed by atoms with Crippen molar-refractivity contribution in [1.29, 1.82) is 0 Å². The summed E-state index contributed by atoms with van der Waals surface area (Å²) >= 11 is 0. The monoisotopic (exact) mass is 289 g/mol. The Labute approximate surface area is 127 Å². The third-order valence-corrected chi connectivity index (χ3v) is 4.59. The lowest BCUT2D eigenvalue weighted by atomic mass is 9.77. The zero-order chi connectivity index (χ0) is 15.3. The van der Waals surface area contributed by atoms with Gasteiger partial charge in [0, 0.05) is 6.54 Å². The quantitative estimate of drug-likeness (QED) is 0.808. The summed E-state index contributed by atoms with van der Waals surface area (Å²) in [7, 11) is 0. The number of amides is 1. The molecule has 1 aromatic carbocycles. The van der Waals surface area contributed by atoms with E-state index < -0.39 is 5.54 Å². The lowest BCUT2D eigenvalue weighted by Crippen LogP contribution is -2.59. The van der Waals surface area contributed by atoms with Crippen molar-refractivity contribution in [2.45, 2.75) is 44.7 Å². The standard InChI is InChI=1S/C17H27N3O/c1-3-20(4-2)15(14-9-6-5-7-10-14)13-19-16(21)17(18)11-8-12-17/h5-7,9-10,15H,3-4,8,11-13,18H2,1-2H3,(H,19,21). The molecular formula is C17H27N3O. The van der Waals surface area contributed by atoms with Crippen molar-refractivity contribution in [3.63, 3.8) is 0 Å². The van der Waals surface area contributed by atoms with Crippen molar-refractivity contribution in [2.24, 2.45) is 5.73 Å². The van der Waals surface area contributed by atoms with Gasteiger partial charge in [0.2, 0.25) is 5.91 Å². The minimum atomic E-state index is -0.621. The Balaban J connectivity index is 2.04. The molecule has 0 bridgehead atoms. The van der Waals surface area contributed by atoms with Crippen LogP contribution in [0.4, 0.5) is 0 Å². The summed E-state index contributed by atoms with van der Waals surface area (Å²) in [6, 6.07) is 10.6. The molecule has 1 atom stereocenters. The van der Waals surface area contributed by atoms with Gasteiger partial charge in [-0.05, 0) is 37.9 Å². The van der Waals surface area contributed by atoms with Crippen LogP contribution in [0, 0.1) is 0 Å². The summed E-state index contributed by atoms with van der Waals surface area (Å²) in [5.41, 5.74) is 6.70. The molecule has 1 aromatic rings. The molecule has 1 saturated carbocycles. The number of carbonyl (C=O) groups is 1. The van der Waals surface area contributed by atoms with Crippen LogP contribution < -0.4 is 11.1 Å². The normalized spacial score (nSPS) is 18.1. The van der Waals surface area contributed by atoms with Crippen LogP contribution in [0.25, 0.3) is 0 Å². The Bertz CT molecular complexity index is 452. The molecule has 2 rings (SSSR count). The first kappa shape index (κ1) is 16.0. The molecule has 4 nitrogen and oxygen atoms in total. The van der Waals surface area contributed by atoms with Crippen molar-refractivity contribution in [2.75, 3.05) is 19.6 Å². The zero-order valence-corrected chi connectivity index (χ0v) is 13.1. The van der Waals surface area contributed by atoms with E-state index in [0.29, 0.717) is 6.54 Å². The van der Waals surface area contributed by atoms with Crippen LogP contribution in [0.15, 0.2) is 30.3 Å². The average molecular weight is 289 g/mol. The van der Waals surface area contributed by atoms with E-state index in [1.54, 1.807) is 0 Å². The second kappa shape index (κ2) is 7.05. The summed E-state index contributed by atoms with van der Waals surface area (Å²) < 4.78 is 0. The van der Waals surface area contributed by atoms with Gasteiger partial charge in [0.15, 0.2) is 0 Å². The fraction of sp³-hybridized carbons (Fsp3) is 0.588. The van der Waals surface area contributed by atoms with E-state index in [1.165, 1.54) is 5.56 Å². The largest absolute Gasteiger partial charge is 0.353 e. The van der Waals surface area contributed by atoms with Gasteiger partial charge in [0.25, 0.3) is 0 Å². The molecule has 1 fully saturated rings. The topological polar surface area (TPSA) is 58.4 Å². The summed E-state index contributed by atoms with van der Waals surface area (Å²) in [6.07, 6.45) is 2.67. The van der Waals surface area contributed by atoms with Crippen molar-refractivity contribution >= 4 is 5.91 Å². The summed E-state index contributed by atoms with van der Waals surface area (Å²) in [5.74, 6) is 0.00170. The van der Waals surface area contributed by atoms with E-state index >= 15 is 0 Å². The van der Waals surface area contributed by atoms with Crippen LogP contribution in [0.3, 0.4) is 0 Å². The maximum atomic E-state index is 12.2. The summed E-state index contributed by atoms with van der Waals surface area (Å²) in [4.78, 5) is 14.6. The number of nitrogens with two attached hydrogens (primary N) is 1. The highest BCUT2D eigenvalue weighted by Crippen LogP contribution is 2.29. The lowest BCUT2D eigenvalue weighted by molar-refractivity contribution is -0.129. The maximum absolute atomic E-state index is 12.2. The Hall–Kier alpha value is -1.39. The predicted octanol–water partition coefficient (Wildman–Crippen LogP) is 2.07. The van der Waals surface area contributed by atoms with Gasteiger partial charge in [-0.25, -0.2) is 0 Å². The van der Waals surface area contributed by atoms with E-state index in [2.05, 4.69) is 36.2 Å². The molecule has 1 aliphatic rings. The van der Waals surface area contributed by atoms with Crippen molar-refractivity contribution in [3.05, 3.63) is 35.9 Å². The maximum Gasteiger partial charge on any atom is 0.240 e.